The van der Waals surface area contributed by atoms with Crippen molar-refractivity contribution >= 4 is 16.8 Å². The van der Waals surface area contributed by atoms with Gasteiger partial charge in [0.05, 0.1) is 11.1 Å². The first kappa shape index (κ1) is 12.9. The minimum Gasteiger partial charge on any atom is -0.490 e. The first-order valence-corrected chi connectivity index (χ1v) is 6.83. The zero-order valence-corrected chi connectivity index (χ0v) is 11.1. The molecule has 1 aliphatic rings. The quantitative estimate of drug-likeness (QED) is 0.784. The average molecular weight is 274 g/mol. The number of nitrogens with one attached hydrogen (secondary N) is 1. The number of nitrogens with two attached hydrogens (primary N) is 2. The summed E-state index contributed by atoms with van der Waals surface area (Å²) in [5.41, 5.74) is 12.5. The lowest BCUT2D eigenvalue weighted by molar-refractivity contribution is 0.0988. The van der Waals surface area contributed by atoms with Gasteiger partial charge in [-0.3, -0.25) is 9.89 Å². The maximum Gasteiger partial charge on any atom is 0.253 e. The lowest BCUT2D eigenvalue weighted by Gasteiger charge is -2.27. The Hall–Kier alpha value is -2.08. The Labute approximate surface area is 116 Å². The molecule has 1 amide bonds. The molecule has 2 atom stereocenters. The van der Waals surface area contributed by atoms with Gasteiger partial charge >= 0.3 is 0 Å². The lowest BCUT2D eigenvalue weighted by Crippen LogP contribution is -2.34. The molecule has 3 rings (SSSR count). The van der Waals surface area contributed by atoms with Crippen LogP contribution in [0.1, 0.15) is 36.0 Å². The highest BCUT2D eigenvalue weighted by Crippen LogP contribution is 2.30. The van der Waals surface area contributed by atoms with E-state index in [1.54, 1.807) is 12.3 Å². The Bertz CT molecular complexity index is 637. The van der Waals surface area contributed by atoms with Gasteiger partial charge in [-0.05, 0) is 37.8 Å². The fourth-order valence-corrected chi connectivity index (χ4v) is 2.82. The van der Waals surface area contributed by atoms with Crippen molar-refractivity contribution in [1.82, 2.24) is 10.2 Å². The van der Waals surface area contributed by atoms with Crippen molar-refractivity contribution in [2.24, 2.45) is 11.5 Å². The van der Waals surface area contributed by atoms with Crippen LogP contribution in [0.15, 0.2) is 18.3 Å². The molecule has 0 spiro atoms. The second-order valence-electron chi connectivity index (χ2n) is 5.29. The summed E-state index contributed by atoms with van der Waals surface area (Å²) in [6, 6.07) is 3.74. The van der Waals surface area contributed by atoms with E-state index in [2.05, 4.69) is 10.2 Å². The minimum absolute atomic E-state index is 0.0428. The second kappa shape index (κ2) is 5.13. The number of aromatic nitrogens is 2. The molecule has 20 heavy (non-hydrogen) atoms. The average Bonchev–Trinajstić information content (AvgIpc) is 2.86. The van der Waals surface area contributed by atoms with E-state index in [-0.39, 0.29) is 12.1 Å². The fraction of sp³-hybridized carbons (Fsp3) is 0.429. The van der Waals surface area contributed by atoms with Crippen molar-refractivity contribution in [2.75, 3.05) is 0 Å². The highest BCUT2D eigenvalue weighted by molar-refractivity contribution is 6.07. The Morgan fingerprint density at radius 1 is 1.40 bits per heavy atom. The standard InChI is InChI=1S/C14H18N4O2/c15-8-2-1-3-9(6-8)20-12-5-4-11-10(7-17-18-11)13(12)14(16)19/h4-5,7-9H,1-3,6,15H2,(H2,16,19)(H,17,18). The van der Waals surface area contributed by atoms with Gasteiger partial charge in [0.15, 0.2) is 0 Å². The summed E-state index contributed by atoms with van der Waals surface area (Å²) in [5, 5.41) is 7.48. The summed E-state index contributed by atoms with van der Waals surface area (Å²) in [6.07, 6.45) is 5.54. The Morgan fingerprint density at radius 3 is 3.00 bits per heavy atom. The molecule has 1 aliphatic carbocycles. The van der Waals surface area contributed by atoms with Crippen molar-refractivity contribution in [2.45, 2.75) is 37.8 Å². The summed E-state index contributed by atoms with van der Waals surface area (Å²) in [7, 11) is 0. The van der Waals surface area contributed by atoms with E-state index >= 15 is 0 Å². The molecule has 6 heteroatoms. The summed E-state index contributed by atoms with van der Waals surface area (Å²) in [4.78, 5) is 11.7. The van der Waals surface area contributed by atoms with Crippen LogP contribution in [-0.2, 0) is 0 Å². The van der Waals surface area contributed by atoms with Gasteiger partial charge in [-0.2, -0.15) is 5.10 Å². The van der Waals surface area contributed by atoms with E-state index in [1.807, 2.05) is 6.07 Å². The number of ether oxygens (including phenoxy) is 1. The maximum absolute atomic E-state index is 11.7. The number of benzene rings is 1. The van der Waals surface area contributed by atoms with Gasteiger partial charge in [0.2, 0.25) is 0 Å². The molecule has 1 heterocycles. The van der Waals surface area contributed by atoms with E-state index in [1.165, 1.54) is 0 Å². The third-order valence-corrected chi connectivity index (χ3v) is 3.78. The maximum atomic E-state index is 11.7. The minimum atomic E-state index is -0.507. The number of hydrogen-bond acceptors (Lipinski definition) is 4. The first-order chi connectivity index (χ1) is 9.65. The lowest BCUT2D eigenvalue weighted by atomic mass is 9.93. The molecule has 2 aromatic rings. The molecule has 0 bridgehead atoms. The number of carbonyl (C=O) groups is 1. The highest BCUT2D eigenvalue weighted by atomic mass is 16.5. The molecule has 5 N–H and O–H groups in total. The summed E-state index contributed by atoms with van der Waals surface area (Å²) >= 11 is 0. The Balaban J connectivity index is 1.94. The number of aromatic amines is 1. The molecule has 0 saturated heterocycles. The van der Waals surface area contributed by atoms with Crippen LogP contribution in [0.3, 0.4) is 0 Å². The van der Waals surface area contributed by atoms with Crippen molar-refractivity contribution in [3.63, 3.8) is 0 Å². The zero-order valence-electron chi connectivity index (χ0n) is 11.1. The number of carbonyl (C=O) groups excluding carboxylic acids is 1. The van der Waals surface area contributed by atoms with Crippen molar-refractivity contribution in [3.8, 4) is 5.75 Å². The van der Waals surface area contributed by atoms with E-state index in [4.69, 9.17) is 16.2 Å². The number of nitrogens with zero attached hydrogens (tertiary/aromatic N) is 1. The van der Waals surface area contributed by atoms with Gasteiger partial charge in [-0.15, -0.1) is 0 Å². The van der Waals surface area contributed by atoms with Crippen LogP contribution in [-0.4, -0.2) is 28.3 Å². The van der Waals surface area contributed by atoms with E-state index < -0.39 is 5.91 Å². The van der Waals surface area contributed by atoms with Crippen molar-refractivity contribution in [1.29, 1.82) is 0 Å². The molecule has 0 radical (unpaired) electrons. The largest absolute Gasteiger partial charge is 0.490 e. The van der Waals surface area contributed by atoms with Gasteiger partial charge in [0.25, 0.3) is 5.91 Å². The Morgan fingerprint density at radius 2 is 2.25 bits per heavy atom. The van der Waals surface area contributed by atoms with Crippen LogP contribution in [0.2, 0.25) is 0 Å². The van der Waals surface area contributed by atoms with Crippen molar-refractivity contribution < 1.29 is 9.53 Å². The van der Waals surface area contributed by atoms with Gasteiger partial charge in [-0.1, -0.05) is 0 Å². The van der Waals surface area contributed by atoms with Gasteiger partial charge < -0.3 is 16.2 Å². The molecule has 0 aliphatic heterocycles. The van der Waals surface area contributed by atoms with Crippen LogP contribution in [0, 0.1) is 0 Å². The second-order valence-corrected chi connectivity index (χ2v) is 5.29. The molecular weight excluding hydrogens is 256 g/mol. The SMILES string of the molecule is NC(=O)c1c(OC2CCCC(N)C2)ccc2n[nH]cc12. The first-order valence-electron chi connectivity index (χ1n) is 6.83. The molecule has 1 aromatic heterocycles. The zero-order chi connectivity index (χ0) is 14.1. The molecule has 1 fully saturated rings. The van der Waals surface area contributed by atoms with Crippen LogP contribution in [0.25, 0.3) is 10.9 Å². The van der Waals surface area contributed by atoms with Crippen LogP contribution in [0.5, 0.6) is 5.75 Å². The van der Waals surface area contributed by atoms with Crippen LogP contribution >= 0.6 is 0 Å². The van der Waals surface area contributed by atoms with E-state index in [0.717, 1.165) is 25.7 Å². The predicted octanol–water partition coefficient (Wildman–Crippen LogP) is 1.31. The van der Waals surface area contributed by atoms with E-state index in [9.17, 15) is 4.79 Å². The Kier molecular flexibility index (Phi) is 3.31. The van der Waals surface area contributed by atoms with Crippen LogP contribution in [0.4, 0.5) is 0 Å². The molecule has 1 saturated carbocycles. The third kappa shape index (κ3) is 2.34. The molecular formula is C14H18N4O2. The van der Waals surface area contributed by atoms with Gasteiger partial charge in [0, 0.05) is 17.6 Å². The molecule has 106 valence electrons. The van der Waals surface area contributed by atoms with Gasteiger partial charge in [0.1, 0.15) is 11.9 Å². The number of fused-ring (bicyclic) bond motifs is 1. The predicted molar refractivity (Wildman–Crippen MR) is 75.5 cm³/mol. The van der Waals surface area contributed by atoms with Crippen LogP contribution < -0.4 is 16.2 Å². The molecule has 1 aromatic carbocycles. The van der Waals surface area contributed by atoms with Crippen molar-refractivity contribution in [3.05, 3.63) is 23.9 Å². The summed E-state index contributed by atoms with van der Waals surface area (Å²) in [5.74, 6) is 0.0117. The molecule has 2 unspecified atom stereocenters. The third-order valence-electron chi connectivity index (χ3n) is 3.78. The number of hydrogen-bond donors (Lipinski definition) is 3. The smallest absolute Gasteiger partial charge is 0.253 e. The van der Waals surface area contributed by atoms with E-state index in [0.29, 0.717) is 22.2 Å². The number of amides is 1. The highest BCUT2D eigenvalue weighted by Gasteiger charge is 2.23. The summed E-state index contributed by atoms with van der Waals surface area (Å²) < 4.78 is 5.97. The monoisotopic (exact) mass is 274 g/mol. The number of rotatable bonds is 3. The number of H-pyrrole nitrogens is 1. The summed E-state index contributed by atoms with van der Waals surface area (Å²) in [6.45, 7) is 0. The fourth-order valence-electron chi connectivity index (χ4n) is 2.82. The molecule has 6 nitrogen and oxygen atoms in total. The normalized spacial score (nSPS) is 22.9. The van der Waals surface area contributed by atoms with Gasteiger partial charge in [-0.25, -0.2) is 0 Å². The topological polar surface area (TPSA) is 107 Å². The number of primary amides is 1.